The number of carbonyl (C=O) groups excluding carboxylic acids is 2. The maximum atomic E-state index is 12.3. The zero-order valence-corrected chi connectivity index (χ0v) is 15.4. The molecule has 2 amide bonds. The molecule has 1 aromatic heterocycles. The summed E-state index contributed by atoms with van der Waals surface area (Å²) in [7, 11) is 0. The summed E-state index contributed by atoms with van der Waals surface area (Å²) in [5, 5.41) is 14.6. The summed E-state index contributed by atoms with van der Waals surface area (Å²) in [5.74, 6) is -0.126. The lowest BCUT2D eigenvalue weighted by Crippen LogP contribution is -2.45. The van der Waals surface area contributed by atoms with E-state index in [-0.39, 0.29) is 17.9 Å². The lowest BCUT2D eigenvalue weighted by Gasteiger charge is -2.23. The van der Waals surface area contributed by atoms with Crippen LogP contribution in [-0.4, -0.2) is 47.7 Å². The molecule has 1 saturated heterocycles. The van der Waals surface area contributed by atoms with Crippen molar-refractivity contribution in [1.29, 1.82) is 0 Å². The molecule has 0 saturated carbocycles. The quantitative estimate of drug-likeness (QED) is 0.861. The highest BCUT2D eigenvalue weighted by molar-refractivity contribution is 5.94. The van der Waals surface area contributed by atoms with E-state index in [1.807, 2.05) is 18.2 Å². The molecule has 7 nitrogen and oxygen atoms in total. The summed E-state index contributed by atoms with van der Waals surface area (Å²) in [4.78, 5) is 25.8. The number of nitrogens with one attached hydrogen (secondary N) is 2. The van der Waals surface area contributed by atoms with Crippen molar-refractivity contribution < 1.29 is 9.59 Å². The maximum absolute atomic E-state index is 12.3. The molecule has 0 bridgehead atoms. The van der Waals surface area contributed by atoms with Crippen molar-refractivity contribution in [2.24, 2.45) is 0 Å². The normalized spacial score (nSPS) is 18.9. The fraction of sp³-hybridized carbons (Fsp3) is 0.400. The van der Waals surface area contributed by atoms with E-state index in [9.17, 15) is 9.59 Å². The lowest BCUT2D eigenvalue weighted by molar-refractivity contribution is -0.116. The summed E-state index contributed by atoms with van der Waals surface area (Å²) in [6, 6.07) is 9.63. The Morgan fingerprint density at radius 1 is 1.22 bits per heavy atom. The van der Waals surface area contributed by atoms with Gasteiger partial charge in [0.05, 0.1) is 5.69 Å². The zero-order valence-electron chi connectivity index (χ0n) is 15.4. The van der Waals surface area contributed by atoms with E-state index in [0.717, 1.165) is 61.4 Å². The van der Waals surface area contributed by atoms with Gasteiger partial charge in [0.2, 0.25) is 5.91 Å². The van der Waals surface area contributed by atoms with Crippen LogP contribution < -0.4 is 15.5 Å². The predicted molar refractivity (Wildman–Crippen MR) is 103 cm³/mol. The topological polar surface area (TPSA) is 87.2 Å². The van der Waals surface area contributed by atoms with Crippen LogP contribution in [0.4, 0.5) is 5.69 Å². The van der Waals surface area contributed by atoms with Crippen LogP contribution in [0.3, 0.4) is 0 Å². The molecule has 2 aliphatic rings. The summed E-state index contributed by atoms with van der Waals surface area (Å²) < 4.78 is 0. The van der Waals surface area contributed by atoms with Crippen LogP contribution in [0.15, 0.2) is 30.3 Å². The minimum absolute atomic E-state index is 0.0600. The summed E-state index contributed by atoms with van der Waals surface area (Å²) in [6.45, 7) is 4.10. The minimum atomic E-state index is -0.186. The van der Waals surface area contributed by atoms with Gasteiger partial charge in [0.25, 0.3) is 5.91 Å². The second-order valence-corrected chi connectivity index (χ2v) is 7.08. The molecule has 7 heteroatoms. The van der Waals surface area contributed by atoms with Gasteiger partial charge in [-0.1, -0.05) is 6.07 Å². The number of benzene rings is 1. The van der Waals surface area contributed by atoms with Crippen molar-refractivity contribution in [1.82, 2.24) is 20.8 Å². The fourth-order valence-electron chi connectivity index (χ4n) is 3.73. The van der Waals surface area contributed by atoms with Gasteiger partial charge in [0.1, 0.15) is 0 Å². The average Bonchev–Trinajstić information content (AvgIpc) is 3.12. The number of hydrogen-bond donors (Lipinski definition) is 2. The van der Waals surface area contributed by atoms with Gasteiger partial charge < -0.3 is 15.5 Å². The van der Waals surface area contributed by atoms with E-state index >= 15 is 0 Å². The number of anilines is 1. The van der Waals surface area contributed by atoms with Crippen molar-refractivity contribution in [3.63, 3.8) is 0 Å². The second-order valence-electron chi connectivity index (χ2n) is 7.08. The summed E-state index contributed by atoms with van der Waals surface area (Å²) >= 11 is 0. The highest BCUT2D eigenvalue weighted by Crippen LogP contribution is 2.31. The van der Waals surface area contributed by atoms with Crippen LogP contribution in [0.2, 0.25) is 0 Å². The lowest BCUT2D eigenvalue weighted by atomic mass is 10.1. The number of carbonyl (C=O) groups is 2. The van der Waals surface area contributed by atoms with E-state index in [2.05, 4.69) is 26.9 Å². The molecule has 0 spiro atoms. The Morgan fingerprint density at radius 3 is 2.81 bits per heavy atom. The average molecular weight is 365 g/mol. The Hall–Kier alpha value is -2.80. The van der Waals surface area contributed by atoms with Gasteiger partial charge >= 0.3 is 0 Å². The third-order valence-corrected chi connectivity index (χ3v) is 5.18. The van der Waals surface area contributed by atoms with Gasteiger partial charge in [-0.3, -0.25) is 9.59 Å². The number of piperidine rings is 1. The van der Waals surface area contributed by atoms with E-state index in [1.165, 1.54) is 0 Å². The first-order valence-corrected chi connectivity index (χ1v) is 9.38. The third-order valence-electron chi connectivity index (χ3n) is 5.18. The van der Waals surface area contributed by atoms with E-state index in [1.54, 1.807) is 17.9 Å². The highest BCUT2D eigenvalue weighted by atomic mass is 16.2. The molecule has 1 unspecified atom stereocenters. The van der Waals surface area contributed by atoms with Crippen molar-refractivity contribution in [2.45, 2.75) is 32.2 Å². The molecule has 1 fully saturated rings. The number of nitrogens with zero attached hydrogens (tertiary/aromatic N) is 3. The molecule has 0 aliphatic carbocycles. The van der Waals surface area contributed by atoms with Crippen molar-refractivity contribution in [3.8, 4) is 11.3 Å². The van der Waals surface area contributed by atoms with Crippen molar-refractivity contribution >= 4 is 17.5 Å². The standard InChI is InChI=1S/C20H23N5O2/c1-13(26)25-10-8-15-11-14(4-7-19(15)25)17-5-6-18(24-23-17)20(27)22-16-3-2-9-21-12-16/h4-7,11,16,21H,2-3,8-10,12H2,1H3,(H,22,27). The first-order valence-electron chi connectivity index (χ1n) is 9.38. The molecular weight excluding hydrogens is 342 g/mol. The smallest absolute Gasteiger partial charge is 0.272 e. The monoisotopic (exact) mass is 365 g/mol. The van der Waals surface area contributed by atoms with Gasteiger partial charge in [0, 0.05) is 37.3 Å². The molecule has 3 heterocycles. The third kappa shape index (κ3) is 3.68. The largest absolute Gasteiger partial charge is 0.347 e. The molecule has 1 atom stereocenters. The highest BCUT2D eigenvalue weighted by Gasteiger charge is 2.23. The van der Waals surface area contributed by atoms with E-state index in [0.29, 0.717) is 5.69 Å². The first-order chi connectivity index (χ1) is 13.1. The van der Waals surface area contributed by atoms with Gasteiger partial charge in [-0.25, -0.2) is 0 Å². The predicted octanol–water partition coefficient (Wildman–Crippen LogP) is 1.53. The molecule has 2 aliphatic heterocycles. The molecule has 4 rings (SSSR count). The van der Waals surface area contributed by atoms with Crippen LogP contribution in [0.5, 0.6) is 0 Å². The number of hydrogen-bond acceptors (Lipinski definition) is 5. The van der Waals surface area contributed by atoms with Gasteiger partial charge in [0.15, 0.2) is 5.69 Å². The Balaban J connectivity index is 1.48. The molecule has 2 aromatic rings. The molecular formula is C20H23N5O2. The summed E-state index contributed by atoms with van der Waals surface area (Å²) in [5.41, 5.74) is 4.09. The Morgan fingerprint density at radius 2 is 2.11 bits per heavy atom. The summed E-state index contributed by atoms with van der Waals surface area (Å²) in [6.07, 6.45) is 2.89. The Labute approximate surface area is 158 Å². The minimum Gasteiger partial charge on any atom is -0.347 e. The number of rotatable bonds is 3. The van der Waals surface area contributed by atoms with Gasteiger partial charge in [-0.05, 0) is 55.6 Å². The SMILES string of the molecule is CC(=O)N1CCc2cc(-c3ccc(C(=O)NC4CCCNC4)nn3)ccc21. The van der Waals surface area contributed by atoms with Gasteiger partial charge in [-0.15, -0.1) is 10.2 Å². The second kappa shape index (κ2) is 7.44. The number of fused-ring (bicyclic) bond motifs is 1. The van der Waals surface area contributed by atoms with Crippen LogP contribution in [-0.2, 0) is 11.2 Å². The Kier molecular flexibility index (Phi) is 4.85. The molecule has 2 N–H and O–H groups in total. The van der Waals surface area contributed by atoms with E-state index < -0.39 is 0 Å². The molecule has 140 valence electrons. The van der Waals surface area contributed by atoms with Crippen LogP contribution in [0.1, 0.15) is 35.8 Å². The first kappa shape index (κ1) is 17.6. The fourth-order valence-corrected chi connectivity index (χ4v) is 3.73. The van der Waals surface area contributed by atoms with Crippen molar-refractivity contribution in [2.75, 3.05) is 24.5 Å². The zero-order chi connectivity index (χ0) is 18.8. The molecule has 0 radical (unpaired) electrons. The van der Waals surface area contributed by atoms with Crippen LogP contribution in [0.25, 0.3) is 11.3 Å². The number of amides is 2. The number of aromatic nitrogens is 2. The van der Waals surface area contributed by atoms with Gasteiger partial charge in [-0.2, -0.15) is 0 Å². The molecule has 1 aromatic carbocycles. The molecule has 27 heavy (non-hydrogen) atoms. The Bertz CT molecular complexity index is 859. The van der Waals surface area contributed by atoms with Crippen molar-refractivity contribution in [3.05, 3.63) is 41.6 Å². The van der Waals surface area contributed by atoms with Crippen LogP contribution >= 0.6 is 0 Å². The maximum Gasteiger partial charge on any atom is 0.272 e. The van der Waals surface area contributed by atoms with Crippen LogP contribution in [0, 0.1) is 0 Å². The van der Waals surface area contributed by atoms with E-state index in [4.69, 9.17) is 0 Å².